The van der Waals surface area contributed by atoms with Crippen LogP contribution in [0.3, 0.4) is 0 Å². The molecule has 0 fully saturated rings. The van der Waals surface area contributed by atoms with Crippen LogP contribution in [0.1, 0.15) is 0 Å². The molecule has 0 heterocycles. The summed E-state index contributed by atoms with van der Waals surface area (Å²) in [4.78, 5) is 1.14. The summed E-state index contributed by atoms with van der Waals surface area (Å²) in [6, 6.07) is 0. The van der Waals surface area contributed by atoms with Crippen molar-refractivity contribution in [3.63, 3.8) is 0 Å². The van der Waals surface area contributed by atoms with Crippen LogP contribution in [0.25, 0.3) is 0 Å². The Hall–Kier alpha value is 0.190. The van der Waals surface area contributed by atoms with Crippen LogP contribution in [-0.2, 0) is 4.74 Å². The molecule has 0 saturated heterocycles. The third-order valence-electron chi connectivity index (χ3n) is 1.31. The van der Waals surface area contributed by atoms with Crippen LogP contribution in [0.15, 0.2) is 0 Å². The number of methoxy groups -OCH3 is 1. The summed E-state index contributed by atoms with van der Waals surface area (Å²) in [6.07, 6.45) is -4.13. The maximum Gasteiger partial charge on any atom is 0.401 e. The van der Waals surface area contributed by atoms with Gasteiger partial charge in [0.15, 0.2) is 0 Å². The molecule has 0 aliphatic rings. The fraction of sp³-hybridized carbons (Fsp3) is 1.00. The van der Waals surface area contributed by atoms with Gasteiger partial charge >= 0.3 is 6.18 Å². The topological polar surface area (TPSA) is 12.5 Å². The lowest BCUT2D eigenvalue weighted by Crippen LogP contribution is -2.35. The van der Waals surface area contributed by atoms with Crippen LogP contribution in [0.2, 0.25) is 0 Å². The summed E-state index contributed by atoms with van der Waals surface area (Å²) in [6.45, 7) is -0.172. The van der Waals surface area contributed by atoms with Gasteiger partial charge in [0.2, 0.25) is 0 Å². The Balaban J connectivity index is 3.67. The lowest BCUT2D eigenvalue weighted by atomic mass is 10.4. The minimum Gasteiger partial charge on any atom is -0.383 e. The SMILES string of the molecule is COCC(Br)CN(C)CC(F)(F)F. The summed E-state index contributed by atoms with van der Waals surface area (Å²) < 4.78 is 40.3. The van der Waals surface area contributed by atoms with E-state index in [-0.39, 0.29) is 4.83 Å². The normalized spacial score (nSPS) is 15.0. The number of alkyl halides is 4. The van der Waals surface area contributed by atoms with E-state index in [0.717, 1.165) is 0 Å². The van der Waals surface area contributed by atoms with Crippen molar-refractivity contribution < 1.29 is 17.9 Å². The van der Waals surface area contributed by atoms with Crippen molar-refractivity contribution in [1.82, 2.24) is 4.90 Å². The molecule has 0 aromatic heterocycles. The van der Waals surface area contributed by atoms with Gasteiger partial charge in [-0.25, -0.2) is 0 Å². The van der Waals surface area contributed by atoms with Gasteiger partial charge in [-0.2, -0.15) is 13.2 Å². The van der Waals surface area contributed by atoms with E-state index in [9.17, 15) is 13.2 Å². The fourth-order valence-corrected chi connectivity index (χ4v) is 1.70. The first-order valence-electron chi connectivity index (χ1n) is 3.73. The monoisotopic (exact) mass is 263 g/mol. The van der Waals surface area contributed by atoms with Gasteiger partial charge in [0.1, 0.15) is 0 Å². The fourth-order valence-electron chi connectivity index (χ4n) is 0.942. The molecular weight excluding hydrogens is 251 g/mol. The molecule has 13 heavy (non-hydrogen) atoms. The molecule has 0 spiro atoms. The zero-order chi connectivity index (χ0) is 10.5. The minimum absolute atomic E-state index is 0.0650. The first kappa shape index (κ1) is 13.2. The Morgan fingerprint density at radius 3 is 2.38 bits per heavy atom. The molecule has 0 aliphatic carbocycles. The van der Waals surface area contributed by atoms with E-state index in [1.807, 2.05) is 0 Å². The largest absolute Gasteiger partial charge is 0.401 e. The number of halogens is 4. The van der Waals surface area contributed by atoms with Crippen LogP contribution >= 0.6 is 15.9 Å². The third-order valence-corrected chi connectivity index (χ3v) is 1.86. The zero-order valence-corrected chi connectivity index (χ0v) is 9.15. The Labute approximate surface area is 84.2 Å². The lowest BCUT2D eigenvalue weighted by Gasteiger charge is -2.20. The average molecular weight is 264 g/mol. The molecule has 1 unspecified atom stereocenters. The second-order valence-corrected chi connectivity index (χ2v) is 4.16. The number of ether oxygens (including phenoxy) is 1. The molecule has 0 aromatic carbocycles. The van der Waals surface area contributed by atoms with Crippen molar-refractivity contribution in [3.8, 4) is 0 Å². The highest BCUT2D eigenvalue weighted by molar-refractivity contribution is 9.09. The van der Waals surface area contributed by atoms with Gasteiger partial charge in [-0.05, 0) is 7.05 Å². The summed E-state index contributed by atoms with van der Waals surface area (Å²) in [5.41, 5.74) is 0. The van der Waals surface area contributed by atoms with E-state index in [4.69, 9.17) is 4.74 Å². The Morgan fingerprint density at radius 2 is 2.00 bits per heavy atom. The zero-order valence-electron chi connectivity index (χ0n) is 7.57. The van der Waals surface area contributed by atoms with Gasteiger partial charge in [0.25, 0.3) is 0 Å². The van der Waals surface area contributed by atoms with Crippen molar-refractivity contribution in [3.05, 3.63) is 0 Å². The van der Waals surface area contributed by atoms with E-state index < -0.39 is 12.7 Å². The van der Waals surface area contributed by atoms with Crippen LogP contribution in [0.5, 0.6) is 0 Å². The van der Waals surface area contributed by atoms with Crippen molar-refractivity contribution >= 4 is 15.9 Å². The number of nitrogens with zero attached hydrogens (tertiary/aromatic N) is 1. The Bertz CT molecular complexity index is 142. The van der Waals surface area contributed by atoms with E-state index >= 15 is 0 Å². The lowest BCUT2D eigenvalue weighted by molar-refractivity contribution is -0.143. The highest BCUT2D eigenvalue weighted by Crippen LogP contribution is 2.16. The van der Waals surface area contributed by atoms with Gasteiger partial charge in [-0.1, -0.05) is 15.9 Å². The van der Waals surface area contributed by atoms with Gasteiger partial charge < -0.3 is 4.74 Å². The van der Waals surface area contributed by atoms with E-state index in [1.165, 1.54) is 19.1 Å². The van der Waals surface area contributed by atoms with Gasteiger partial charge in [-0.3, -0.25) is 4.90 Å². The van der Waals surface area contributed by atoms with Crippen molar-refractivity contribution in [2.24, 2.45) is 0 Å². The highest BCUT2D eigenvalue weighted by Gasteiger charge is 2.29. The summed E-state index contributed by atoms with van der Waals surface area (Å²) in [5, 5.41) is 0. The molecule has 0 N–H and O–H groups in total. The number of hydrogen-bond donors (Lipinski definition) is 0. The number of rotatable bonds is 5. The molecule has 80 valence electrons. The molecule has 1 atom stereocenters. The summed E-state index contributed by atoms with van der Waals surface area (Å²) >= 11 is 3.21. The molecule has 0 rings (SSSR count). The molecule has 0 saturated carbocycles. The van der Waals surface area contributed by atoms with Crippen molar-refractivity contribution in [2.75, 3.05) is 33.9 Å². The van der Waals surface area contributed by atoms with Crippen molar-refractivity contribution in [2.45, 2.75) is 11.0 Å². The smallest absolute Gasteiger partial charge is 0.383 e. The maximum absolute atomic E-state index is 11.9. The van der Waals surface area contributed by atoms with Gasteiger partial charge in [0.05, 0.1) is 18.0 Å². The molecule has 0 aromatic rings. The summed E-state index contributed by atoms with van der Waals surface area (Å²) in [5.74, 6) is 0. The van der Waals surface area contributed by atoms with Gasteiger partial charge in [0, 0.05) is 13.7 Å². The molecular formula is C7H13BrF3NO. The van der Waals surface area contributed by atoms with E-state index in [2.05, 4.69) is 15.9 Å². The maximum atomic E-state index is 11.9. The van der Waals surface area contributed by atoms with Crippen LogP contribution < -0.4 is 0 Å². The molecule has 0 aliphatic heterocycles. The molecule has 0 amide bonds. The third kappa shape index (κ3) is 8.52. The molecule has 2 nitrogen and oxygen atoms in total. The second-order valence-electron chi connectivity index (χ2n) is 2.86. The predicted molar refractivity (Wildman–Crippen MR) is 48.1 cm³/mol. The van der Waals surface area contributed by atoms with Crippen LogP contribution in [0, 0.1) is 0 Å². The van der Waals surface area contributed by atoms with E-state index in [1.54, 1.807) is 0 Å². The second kappa shape index (κ2) is 5.82. The van der Waals surface area contributed by atoms with Crippen LogP contribution in [-0.4, -0.2) is 49.8 Å². The Morgan fingerprint density at radius 1 is 1.46 bits per heavy atom. The van der Waals surface area contributed by atoms with Crippen molar-refractivity contribution in [1.29, 1.82) is 0 Å². The molecule has 0 bridgehead atoms. The first-order valence-corrected chi connectivity index (χ1v) is 4.65. The molecule has 0 radical (unpaired) electrons. The van der Waals surface area contributed by atoms with E-state index in [0.29, 0.717) is 13.2 Å². The predicted octanol–water partition coefficient (Wildman–Crippen LogP) is 1.89. The van der Waals surface area contributed by atoms with Gasteiger partial charge in [-0.15, -0.1) is 0 Å². The van der Waals surface area contributed by atoms with Crippen LogP contribution in [0.4, 0.5) is 13.2 Å². The molecule has 6 heteroatoms. The number of hydrogen-bond acceptors (Lipinski definition) is 2. The Kier molecular flexibility index (Phi) is 5.91. The highest BCUT2D eigenvalue weighted by atomic mass is 79.9. The quantitative estimate of drug-likeness (QED) is 0.703. The first-order chi connectivity index (χ1) is 5.85. The minimum atomic E-state index is -4.13. The average Bonchev–Trinajstić information content (AvgIpc) is 1.81. The standard InChI is InChI=1S/C7H13BrF3NO/c1-12(5-7(9,10)11)3-6(8)4-13-2/h6H,3-5H2,1-2H3. The summed E-state index contributed by atoms with van der Waals surface area (Å²) in [7, 11) is 2.94.